The molecule has 0 spiro atoms. The first-order valence-electron chi connectivity index (χ1n) is 9.60. The van der Waals surface area contributed by atoms with Crippen molar-refractivity contribution < 1.29 is 0 Å². The molecular formula is C19H29ClN4O2S. The average Bonchev–Trinajstić information content (AvgIpc) is 2.99. The van der Waals surface area contributed by atoms with Crippen LogP contribution in [0.5, 0.6) is 0 Å². The van der Waals surface area contributed by atoms with Gasteiger partial charge in [0.25, 0.3) is 5.56 Å². The molecule has 0 bridgehead atoms. The van der Waals surface area contributed by atoms with Gasteiger partial charge in [0.2, 0.25) is 0 Å². The van der Waals surface area contributed by atoms with E-state index in [-0.39, 0.29) is 0 Å². The number of nitrogens with zero attached hydrogens (tertiary/aromatic N) is 3. The average molecular weight is 413 g/mol. The van der Waals surface area contributed by atoms with Gasteiger partial charge in [0.05, 0.1) is 0 Å². The predicted octanol–water partition coefficient (Wildman–Crippen LogP) is 4.41. The highest BCUT2D eigenvalue weighted by molar-refractivity contribution is 7.99. The second-order valence-corrected chi connectivity index (χ2v) is 8.41. The van der Waals surface area contributed by atoms with Crippen LogP contribution in [0.15, 0.2) is 25.9 Å². The van der Waals surface area contributed by atoms with Crippen molar-refractivity contribution in [1.29, 1.82) is 0 Å². The van der Waals surface area contributed by atoms with Crippen molar-refractivity contribution in [3.05, 3.63) is 31.9 Å². The number of thioether (sulfide) groups is 1. The summed E-state index contributed by atoms with van der Waals surface area (Å²) in [5.74, 6) is 0.937. The van der Waals surface area contributed by atoms with Gasteiger partial charge in [-0.25, -0.2) is 9.78 Å². The Balaban J connectivity index is 2.13. The molecule has 0 radical (unpaired) electrons. The maximum Gasteiger partial charge on any atom is 0.329 e. The van der Waals surface area contributed by atoms with Crippen molar-refractivity contribution in [2.75, 3.05) is 5.75 Å². The summed E-state index contributed by atoms with van der Waals surface area (Å²) in [6.07, 6.45) is 10.6. The lowest BCUT2D eigenvalue weighted by Gasteiger charge is -2.06. The summed E-state index contributed by atoms with van der Waals surface area (Å²) < 4.78 is 3.22. The summed E-state index contributed by atoms with van der Waals surface area (Å²) in [4.78, 5) is 31.1. The van der Waals surface area contributed by atoms with Crippen LogP contribution in [-0.4, -0.2) is 24.9 Å². The molecule has 0 aliphatic heterocycles. The fourth-order valence-electron chi connectivity index (χ4n) is 2.93. The molecule has 2 aromatic rings. The van der Waals surface area contributed by atoms with Crippen LogP contribution >= 0.6 is 23.4 Å². The SMILES string of the molecule is CCCCCCCCCSc1nc2c(c(=O)[nH]c(=O)n2C)n1C/C=C(\C)Cl. The highest BCUT2D eigenvalue weighted by Crippen LogP contribution is 2.23. The molecule has 0 aliphatic carbocycles. The van der Waals surface area contributed by atoms with Gasteiger partial charge in [0.15, 0.2) is 16.3 Å². The topological polar surface area (TPSA) is 72.7 Å². The Morgan fingerprint density at radius 3 is 2.52 bits per heavy atom. The molecule has 8 heteroatoms. The molecule has 0 atom stereocenters. The van der Waals surface area contributed by atoms with Crippen LogP contribution in [0, 0.1) is 0 Å². The Kier molecular flexibility index (Phi) is 8.70. The predicted molar refractivity (Wildman–Crippen MR) is 114 cm³/mol. The van der Waals surface area contributed by atoms with Crippen molar-refractivity contribution in [1.82, 2.24) is 19.1 Å². The van der Waals surface area contributed by atoms with E-state index >= 15 is 0 Å². The van der Waals surface area contributed by atoms with Crippen molar-refractivity contribution in [2.24, 2.45) is 7.05 Å². The molecule has 0 aliphatic rings. The number of fused-ring (bicyclic) bond motifs is 1. The molecule has 27 heavy (non-hydrogen) atoms. The van der Waals surface area contributed by atoms with Crippen LogP contribution in [0.3, 0.4) is 0 Å². The Hall–Kier alpha value is -1.47. The monoisotopic (exact) mass is 412 g/mol. The summed E-state index contributed by atoms with van der Waals surface area (Å²) in [5.41, 5.74) is -0.0476. The van der Waals surface area contributed by atoms with Gasteiger partial charge in [0.1, 0.15) is 0 Å². The van der Waals surface area contributed by atoms with E-state index in [1.807, 2.05) is 10.6 Å². The molecule has 0 aromatic carbocycles. The van der Waals surface area contributed by atoms with Crippen LogP contribution in [0.1, 0.15) is 58.8 Å². The van der Waals surface area contributed by atoms with Gasteiger partial charge in [-0.05, 0) is 13.3 Å². The number of unbranched alkanes of at least 4 members (excludes halogenated alkanes) is 6. The van der Waals surface area contributed by atoms with Gasteiger partial charge in [-0.1, -0.05) is 74.9 Å². The number of aryl methyl sites for hydroxylation is 1. The summed E-state index contributed by atoms with van der Waals surface area (Å²) in [7, 11) is 1.62. The maximum absolute atomic E-state index is 12.3. The number of allylic oxidation sites excluding steroid dienone is 2. The van der Waals surface area contributed by atoms with E-state index in [0.717, 1.165) is 17.3 Å². The summed E-state index contributed by atoms with van der Waals surface area (Å²) >= 11 is 7.60. The van der Waals surface area contributed by atoms with Gasteiger partial charge in [0, 0.05) is 24.4 Å². The standard InChI is InChI=1S/C19H29ClN4O2S/c1-4-5-6-7-8-9-10-13-27-19-21-16-15(24(19)12-11-14(2)20)17(25)22-18(26)23(16)3/h11H,4-10,12-13H2,1-3H3,(H,22,25,26)/b14-11+. The first-order chi connectivity index (χ1) is 13.0. The second kappa shape index (κ2) is 10.8. The summed E-state index contributed by atoms with van der Waals surface area (Å²) in [6.45, 7) is 4.48. The highest BCUT2D eigenvalue weighted by Gasteiger charge is 2.16. The number of aromatic amines is 1. The number of hydrogen-bond donors (Lipinski definition) is 1. The van der Waals surface area contributed by atoms with Crippen LogP contribution in [0.2, 0.25) is 0 Å². The van der Waals surface area contributed by atoms with Gasteiger partial charge in [-0.3, -0.25) is 14.3 Å². The molecule has 0 unspecified atom stereocenters. The van der Waals surface area contributed by atoms with Crippen LogP contribution in [-0.2, 0) is 13.6 Å². The Labute approximate surface area is 169 Å². The van der Waals surface area contributed by atoms with E-state index in [1.54, 1.807) is 25.7 Å². The number of nitrogens with one attached hydrogen (secondary N) is 1. The Morgan fingerprint density at radius 2 is 1.85 bits per heavy atom. The molecule has 0 saturated carbocycles. The van der Waals surface area contributed by atoms with Gasteiger partial charge >= 0.3 is 5.69 Å². The molecule has 2 heterocycles. The molecular weight excluding hydrogens is 384 g/mol. The third-order valence-corrected chi connectivity index (χ3v) is 5.72. The first-order valence-corrected chi connectivity index (χ1v) is 11.0. The van der Waals surface area contributed by atoms with E-state index in [4.69, 9.17) is 11.6 Å². The van der Waals surface area contributed by atoms with Crippen molar-refractivity contribution in [2.45, 2.75) is 70.5 Å². The molecule has 2 aromatic heterocycles. The van der Waals surface area contributed by atoms with Gasteiger partial charge in [-0.2, -0.15) is 0 Å². The largest absolute Gasteiger partial charge is 0.329 e. The smallest absolute Gasteiger partial charge is 0.309 e. The zero-order valence-electron chi connectivity index (χ0n) is 16.4. The van der Waals surface area contributed by atoms with Crippen molar-refractivity contribution >= 4 is 34.5 Å². The lowest BCUT2D eigenvalue weighted by Crippen LogP contribution is -2.29. The number of rotatable bonds is 11. The van der Waals surface area contributed by atoms with Crippen molar-refractivity contribution in [3.8, 4) is 0 Å². The minimum Gasteiger partial charge on any atom is -0.309 e. The normalized spacial score (nSPS) is 12.2. The third kappa shape index (κ3) is 6.01. The third-order valence-electron chi connectivity index (χ3n) is 4.51. The lowest BCUT2D eigenvalue weighted by molar-refractivity contribution is 0.603. The number of imidazole rings is 1. The number of hydrogen-bond acceptors (Lipinski definition) is 4. The fraction of sp³-hybridized carbons (Fsp3) is 0.632. The fourth-order valence-corrected chi connectivity index (χ4v) is 4.01. The van der Waals surface area contributed by atoms with E-state index in [1.165, 1.54) is 43.1 Å². The van der Waals surface area contributed by atoms with Gasteiger partial charge in [-0.15, -0.1) is 0 Å². The van der Waals surface area contributed by atoms with E-state index < -0.39 is 11.2 Å². The lowest BCUT2D eigenvalue weighted by atomic mass is 10.1. The van der Waals surface area contributed by atoms with Gasteiger partial charge < -0.3 is 4.57 Å². The minimum absolute atomic E-state index is 0.409. The van der Waals surface area contributed by atoms with Crippen LogP contribution in [0.25, 0.3) is 11.2 Å². The van der Waals surface area contributed by atoms with E-state index in [0.29, 0.717) is 22.7 Å². The number of H-pyrrole nitrogens is 1. The summed E-state index contributed by atoms with van der Waals surface area (Å²) in [6, 6.07) is 0. The second-order valence-electron chi connectivity index (χ2n) is 6.76. The summed E-state index contributed by atoms with van der Waals surface area (Å²) in [5, 5.41) is 1.40. The zero-order valence-corrected chi connectivity index (χ0v) is 18.0. The molecule has 2 rings (SSSR count). The Bertz CT molecular complexity index is 893. The Morgan fingerprint density at radius 1 is 1.19 bits per heavy atom. The quantitative estimate of drug-likeness (QED) is 0.438. The number of aromatic nitrogens is 4. The maximum atomic E-state index is 12.3. The molecule has 0 saturated heterocycles. The molecule has 0 amide bonds. The molecule has 6 nitrogen and oxygen atoms in total. The first kappa shape index (κ1) is 21.8. The van der Waals surface area contributed by atoms with E-state index in [2.05, 4.69) is 16.9 Å². The highest BCUT2D eigenvalue weighted by atomic mass is 35.5. The molecule has 1 N–H and O–H groups in total. The van der Waals surface area contributed by atoms with E-state index in [9.17, 15) is 9.59 Å². The van der Waals surface area contributed by atoms with Crippen LogP contribution in [0.4, 0.5) is 0 Å². The van der Waals surface area contributed by atoms with Crippen molar-refractivity contribution in [3.63, 3.8) is 0 Å². The minimum atomic E-state index is -0.454. The van der Waals surface area contributed by atoms with Crippen LogP contribution < -0.4 is 11.2 Å². The number of halogens is 1. The zero-order chi connectivity index (χ0) is 19.8. The molecule has 150 valence electrons. The molecule has 0 fully saturated rings.